The molecule has 0 radical (unpaired) electrons. The van der Waals surface area contributed by atoms with Crippen LogP contribution in [-0.2, 0) is 0 Å². The molecule has 3 heteroatoms. The Morgan fingerprint density at radius 3 is 2.75 bits per heavy atom. The predicted octanol–water partition coefficient (Wildman–Crippen LogP) is 3.65. The lowest BCUT2D eigenvalue weighted by atomic mass is 10.1. The summed E-state index contributed by atoms with van der Waals surface area (Å²) < 4.78 is 22.4. The zero-order valence-corrected chi connectivity index (χ0v) is 10.1. The second-order valence-electron chi connectivity index (χ2n) is 3.68. The van der Waals surface area contributed by atoms with E-state index in [0.29, 0.717) is 17.0 Å². The van der Waals surface area contributed by atoms with Crippen LogP contribution in [0.5, 0.6) is 0 Å². The quantitative estimate of drug-likeness (QED) is 0.839. The maximum atomic E-state index is 12.0. The van der Waals surface area contributed by atoms with Crippen LogP contribution in [0.15, 0.2) is 24.3 Å². The van der Waals surface area contributed by atoms with Gasteiger partial charge >= 0.3 is 0 Å². The van der Waals surface area contributed by atoms with E-state index in [4.69, 9.17) is 15.7 Å². The van der Waals surface area contributed by atoms with Gasteiger partial charge in [-0.3, -0.25) is 4.79 Å². The summed E-state index contributed by atoms with van der Waals surface area (Å²) in [6.45, 7) is -0.200. The summed E-state index contributed by atoms with van der Waals surface area (Å²) in [5.41, 5.74) is 0.412. The number of carbonyl (C=O) groups excluding carboxylic acids is 1. The summed E-state index contributed by atoms with van der Waals surface area (Å²) in [6.07, 6.45) is 2.11. The number of carbonyl (C=O) groups is 1. The second kappa shape index (κ2) is 6.54. The Labute approximate surface area is 106 Å². The van der Waals surface area contributed by atoms with E-state index in [1.807, 2.05) is 6.92 Å². The molecule has 0 aliphatic carbocycles. The minimum absolute atomic E-state index is 0.381. The Bertz CT molecular complexity index is 417. The van der Waals surface area contributed by atoms with E-state index < -0.39 is 12.9 Å². The second-order valence-corrected chi connectivity index (χ2v) is 4.11. The van der Waals surface area contributed by atoms with E-state index in [2.05, 4.69) is 5.32 Å². The summed E-state index contributed by atoms with van der Waals surface area (Å²) in [4.78, 5) is 12.0. The standard InChI is InChI=1S/C13H18ClNO/c1-3-4-5-10(2)15-13(16)11-6-8-12(14)9-7-11/h6-10H,3-5H2,1-2H3,(H,15,16)/t10-/m1/s1/i2D3. The zero-order chi connectivity index (χ0) is 14.5. The Kier molecular flexibility index (Phi) is 3.70. The molecule has 0 heterocycles. The van der Waals surface area contributed by atoms with Gasteiger partial charge in [0.15, 0.2) is 0 Å². The molecule has 88 valence electrons. The molecule has 0 aromatic heterocycles. The topological polar surface area (TPSA) is 29.1 Å². The molecular weight excluding hydrogens is 222 g/mol. The lowest BCUT2D eigenvalue weighted by Crippen LogP contribution is -2.32. The van der Waals surface area contributed by atoms with Crippen LogP contribution in [0.2, 0.25) is 5.02 Å². The molecule has 16 heavy (non-hydrogen) atoms. The van der Waals surface area contributed by atoms with Crippen molar-refractivity contribution in [1.29, 1.82) is 0 Å². The number of rotatable bonds is 5. The highest BCUT2D eigenvalue weighted by molar-refractivity contribution is 6.30. The molecule has 0 unspecified atom stereocenters. The summed E-state index contributed by atoms with van der Waals surface area (Å²) in [5.74, 6) is -0.381. The first-order chi connectivity index (χ1) is 8.84. The van der Waals surface area contributed by atoms with Gasteiger partial charge < -0.3 is 5.32 Å². The van der Waals surface area contributed by atoms with Crippen molar-refractivity contribution in [2.75, 3.05) is 0 Å². The van der Waals surface area contributed by atoms with Gasteiger partial charge in [0.25, 0.3) is 5.91 Å². The lowest BCUT2D eigenvalue weighted by molar-refractivity contribution is 0.0938. The van der Waals surface area contributed by atoms with Crippen molar-refractivity contribution in [3.8, 4) is 0 Å². The van der Waals surface area contributed by atoms with Gasteiger partial charge in [-0.1, -0.05) is 31.4 Å². The van der Waals surface area contributed by atoms with Crippen LogP contribution < -0.4 is 5.32 Å². The van der Waals surface area contributed by atoms with Crippen molar-refractivity contribution < 1.29 is 8.91 Å². The van der Waals surface area contributed by atoms with Crippen LogP contribution >= 0.6 is 11.6 Å². The average Bonchev–Trinajstić information content (AvgIpc) is 2.33. The van der Waals surface area contributed by atoms with E-state index in [1.54, 1.807) is 24.3 Å². The molecule has 1 aromatic rings. The molecule has 1 N–H and O–H groups in total. The summed E-state index contributed by atoms with van der Waals surface area (Å²) in [7, 11) is 0. The van der Waals surface area contributed by atoms with Gasteiger partial charge in [-0.2, -0.15) is 0 Å². The first-order valence-electron chi connectivity index (χ1n) is 6.91. The van der Waals surface area contributed by atoms with E-state index in [0.717, 1.165) is 12.8 Å². The smallest absolute Gasteiger partial charge is 0.251 e. The van der Waals surface area contributed by atoms with Gasteiger partial charge in [0.2, 0.25) is 0 Å². The van der Waals surface area contributed by atoms with Crippen LogP contribution in [0, 0.1) is 0 Å². The molecule has 0 bridgehead atoms. The molecule has 0 aliphatic rings. The number of halogens is 1. The highest BCUT2D eigenvalue weighted by atomic mass is 35.5. The lowest BCUT2D eigenvalue weighted by Gasteiger charge is -2.13. The molecule has 2 nitrogen and oxygen atoms in total. The van der Waals surface area contributed by atoms with Crippen molar-refractivity contribution in [2.24, 2.45) is 0 Å². The number of unbranched alkanes of at least 4 members (excludes halogenated alkanes) is 1. The van der Waals surface area contributed by atoms with Crippen LogP contribution in [0.4, 0.5) is 0 Å². The zero-order valence-electron chi connectivity index (χ0n) is 12.3. The van der Waals surface area contributed by atoms with Gasteiger partial charge in [-0.25, -0.2) is 0 Å². The number of hydrogen-bond donors (Lipinski definition) is 1. The molecule has 0 spiro atoms. The third-order valence-corrected chi connectivity index (χ3v) is 2.51. The van der Waals surface area contributed by atoms with Crippen molar-refractivity contribution in [2.45, 2.75) is 39.1 Å². The van der Waals surface area contributed by atoms with Crippen molar-refractivity contribution in [3.05, 3.63) is 34.9 Å². The van der Waals surface area contributed by atoms with Crippen LogP contribution in [0.3, 0.4) is 0 Å². The summed E-state index contributed by atoms with van der Waals surface area (Å²) >= 11 is 5.74. The molecule has 1 aromatic carbocycles. The summed E-state index contributed by atoms with van der Waals surface area (Å²) in [5, 5.41) is 3.12. The molecule has 1 atom stereocenters. The van der Waals surface area contributed by atoms with E-state index in [1.165, 1.54) is 0 Å². The first-order valence-corrected chi connectivity index (χ1v) is 5.79. The third kappa shape index (κ3) is 4.23. The van der Waals surface area contributed by atoms with Crippen LogP contribution in [-0.4, -0.2) is 11.9 Å². The Balaban J connectivity index is 2.73. The van der Waals surface area contributed by atoms with E-state index in [9.17, 15) is 4.79 Å². The number of amides is 1. The molecule has 1 rings (SSSR count). The normalized spacial score (nSPS) is 15.8. The largest absolute Gasteiger partial charge is 0.350 e. The van der Waals surface area contributed by atoms with Gasteiger partial charge in [-0.15, -0.1) is 0 Å². The molecule has 0 saturated heterocycles. The van der Waals surface area contributed by atoms with E-state index >= 15 is 0 Å². The third-order valence-electron chi connectivity index (χ3n) is 2.26. The first kappa shape index (κ1) is 9.06. The van der Waals surface area contributed by atoms with Gasteiger partial charge in [0.05, 0.1) is 0 Å². The Morgan fingerprint density at radius 2 is 2.19 bits per heavy atom. The molecule has 0 saturated carbocycles. The van der Waals surface area contributed by atoms with Crippen molar-refractivity contribution in [1.82, 2.24) is 5.32 Å². The van der Waals surface area contributed by atoms with E-state index in [-0.39, 0.29) is 5.91 Å². The van der Waals surface area contributed by atoms with Crippen molar-refractivity contribution in [3.63, 3.8) is 0 Å². The van der Waals surface area contributed by atoms with Crippen LogP contribution in [0.25, 0.3) is 0 Å². The molecule has 1 amide bonds. The number of hydrogen-bond acceptors (Lipinski definition) is 1. The fourth-order valence-corrected chi connectivity index (χ4v) is 1.45. The molecular formula is C13H18ClNO. The number of nitrogens with one attached hydrogen (secondary N) is 1. The maximum Gasteiger partial charge on any atom is 0.251 e. The highest BCUT2D eigenvalue weighted by Crippen LogP contribution is 2.10. The Morgan fingerprint density at radius 1 is 1.50 bits per heavy atom. The predicted molar refractivity (Wildman–Crippen MR) is 67.9 cm³/mol. The van der Waals surface area contributed by atoms with Gasteiger partial charge in [0, 0.05) is 20.7 Å². The van der Waals surface area contributed by atoms with Crippen molar-refractivity contribution >= 4 is 17.5 Å². The minimum Gasteiger partial charge on any atom is -0.350 e. The highest BCUT2D eigenvalue weighted by Gasteiger charge is 2.08. The van der Waals surface area contributed by atoms with Gasteiger partial charge in [0.1, 0.15) is 0 Å². The fraction of sp³-hybridized carbons (Fsp3) is 0.462. The summed E-state index contributed by atoms with van der Waals surface area (Å²) in [6, 6.07) is 5.55. The molecule has 0 fully saturated rings. The SMILES string of the molecule is [2H]C([2H])([2H])[C@H](CCCC)NC(=O)c1ccc(Cl)cc1. The number of benzene rings is 1. The Hall–Kier alpha value is -1.02. The average molecular weight is 243 g/mol. The minimum atomic E-state index is -2.18. The fourth-order valence-electron chi connectivity index (χ4n) is 1.32. The maximum absolute atomic E-state index is 12.0. The monoisotopic (exact) mass is 242 g/mol. The molecule has 0 aliphatic heterocycles. The van der Waals surface area contributed by atoms with Gasteiger partial charge in [-0.05, 0) is 37.5 Å². The van der Waals surface area contributed by atoms with Crippen LogP contribution in [0.1, 0.15) is 47.5 Å².